The molecule has 14 heavy (non-hydrogen) atoms. The molecule has 0 aliphatic heterocycles. The molecule has 74 valence electrons. The van der Waals surface area contributed by atoms with E-state index in [0.717, 1.165) is 0 Å². The Kier molecular flexibility index (Phi) is 3.23. The van der Waals surface area contributed by atoms with E-state index >= 15 is 0 Å². The van der Waals surface area contributed by atoms with Crippen LogP contribution in [0, 0.1) is 5.82 Å². The summed E-state index contributed by atoms with van der Waals surface area (Å²) < 4.78 is 17.8. The van der Waals surface area contributed by atoms with Crippen molar-refractivity contribution in [3.63, 3.8) is 0 Å². The molecule has 0 fully saturated rings. The Morgan fingerprint density at radius 3 is 2.79 bits per heavy atom. The van der Waals surface area contributed by atoms with Crippen molar-refractivity contribution < 1.29 is 13.9 Å². The molecular formula is C10H10FNO2. The predicted molar refractivity (Wildman–Crippen MR) is 51.2 cm³/mol. The molecule has 0 atom stereocenters. The lowest BCUT2D eigenvalue weighted by Gasteiger charge is -2.01. The van der Waals surface area contributed by atoms with Crippen molar-refractivity contribution in [3.05, 3.63) is 35.7 Å². The van der Waals surface area contributed by atoms with Crippen LogP contribution in [0.4, 0.5) is 4.39 Å². The summed E-state index contributed by atoms with van der Waals surface area (Å²) in [4.78, 5) is 10.4. The summed E-state index contributed by atoms with van der Waals surface area (Å²) in [7, 11) is 1.39. The van der Waals surface area contributed by atoms with Crippen LogP contribution in [0.25, 0.3) is 6.08 Å². The van der Waals surface area contributed by atoms with Crippen molar-refractivity contribution in [3.8, 4) is 5.75 Å². The predicted octanol–water partition coefficient (Wildman–Crippen LogP) is 1.33. The van der Waals surface area contributed by atoms with Gasteiger partial charge in [-0.1, -0.05) is 6.07 Å². The maximum atomic E-state index is 13.1. The molecule has 0 heterocycles. The summed E-state index contributed by atoms with van der Waals surface area (Å²) in [5, 5.41) is 0. The Balaban J connectivity index is 2.91. The van der Waals surface area contributed by atoms with Crippen LogP contribution in [0.2, 0.25) is 0 Å². The molecule has 0 saturated carbocycles. The van der Waals surface area contributed by atoms with Crippen LogP contribution in [-0.2, 0) is 4.79 Å². The summed E-state index contributed by atoms with van der Waals surface area (Å²) in [5.41, 5.74) is 5.45. The van der Waals surface area contributed by atoms with Gasteiger partial charge in [0.15, 0.2) is 11.6 Å². The first-order valence-electron chi connectivity index (χ1n) is 3.94. The van der Waals surface area contributed by atoms with Gasteiger partial charge >= 0.3 is 0 Å². The zero-order valence-electron chi connectivity index (χ0n) is 7.66. The van der Waals surface area contributed by atoms with Gasteiger partial charge < -0.3 is 10.5 Å². The Labute approximate surface area is 81.0 Å². The number of hydrogen-bond acceptors (Lipinski definition) is 2. The Bertz CT molecular complexity index is 374. The third-order valence-corrected chi connectivity index (χ3v) is 1.62. The topological polar surface area (TPSA) is 52.3 Å². The number of hydrogen-bond donors (Lipinski definition) is 1. The summed E-state index contributed by atoms with van der Waals surface area (Å²) in [5.74, 6) is -0.874. The van der Waals surface area contributed by atoms with E-state index in [2.05, 4.69) is 0 Å². The van der Waals surface area contributed by atoms with Gasteiger partial charge in [0, 0.05) is 6.08 Å². The zero-order valence-corrected chi connectivity index (χ0v) is 7.66. The molecule has 3 nitrogen and oxygen atoms in total. The van der Waals surface area contributed by atoms with Crippen molar-refractivity contribution in [2.75, 3.05) is 7.11 Å². The minimum absolute atomic E-state index is 0.168. The van der Waals surface area contributed by atoms with Gasteiger partial charge in [0.25, 0.3) is 0 Å². The normalized spacial score (nSPS) is 10.4. The number of methoxy groups -OCH3 is 1. The number of ether oxygens (including phenoxy) is 1. The molecule has 0 unspecified atom stereocenters. The van der Waals surface area contributed by atoms with Gasteiger partial charge in [-0.3, -0.25) is 4.79 Å². The van der Waals surface area contributed by atoms with E-state index in [9.17, 15) is 9.18 Å². The Hall–Kier alpha value is -1.84. The number of primary amides is 1. The van der Waals surface area contributed by atoms with Gasteiger partial charge in [0.2, 0.25) is 5.91 Å². The second-order valence-corrected chi connectivity index (χ2v) is 2.63. The van der Waals surface area contributed by atoms with Crippen LogP contribution in [0.3, 0.4) is 0 Å². The number of nitrogens with two attached hydrogens (primary N) is 1. The van der Waals surface area contributed by atoms with Crippen LogP contribution < -0.4 is 10.5 Å². The lowest BCUT2D eigenvalue weighted by molar-refractivity contribution is -0.113. The van der Waals surface area contributed by atoms with E-state index in [1.165, 1.54) is 31.4 Å². The molecular weight excluding hydrogens is 185 g/mol. The summed E-state index contributed by atoms with van der Waals surface area (Å²) in [6.45, 7) is 0. The quantitative estimate of drug-likeness (QED) is 0.740. The zero-order chi connectivity index (χ0) is 10.6. The van der Waals surface area contributed by atoms with E-state index in [0.29, 0.717) is 5.56 Å². The van der Waals surface area contributed by atoms with Crippen LogP contribution in [0.15, 0.2) is 24.3 Å². The number of carbonyl (C=O) groups is 1. The number of carbonyl (C=O) groups excluding carboxylic acids is 1. The SMILES string of the molecule is COc1ccc(C=CC(N)=O)cc1F. The highest BCUT2D eigenvalue weighted by Crippen LogP contribution is 2.18. The molecule has 0 bridgehead atoms. The minimum atomic E-state index is -0.568. The van der Waals surface area contributed by atoms with E-state index in [1.807, 2.05) is 0 Å². The van der Waals surface area contributed by atoms with E-state index in [1.54, 1.807) is 6.07 Å². The van der Waals surface area contributed by atoms with Crippen molar-refractivity contribution in [1.29, 1.82) is 0 Å². The maximum Gasteiger partial charge on any atom is 0.241 e. The highest BCUT2D eigenvalue weighted by Gasteiger charge is 2.01. The summed E-state index contributed by atoms with van der Waals surface area (Å²) >= 11 is 0. The first kappa shape index (κ1) is 10.2. The summed E-state index contributed by atoms with van der Waals surface area (Å²) in [6, 6.07) is 4.37. The van der Waals surface area contributed by atoms with Crippen LogP contribution in [0.5, 0.6) is 5.75 Å². The van der Waals surface area contributed by atoms with Crippen molar-refractivity contribution in [1.82, 2.24) is 0 Å². The van der Waals surface area contributed by atoms with Gasteiger partial charge in [-0.2, -0.15) is 0 Å². The number of benzene rings is 1. The fraction of sp³-hybridized carbons (Fsp3) is 0.100. The second kappa shape index (κ2) is 4.41. The first-order chi connectivity index (χ1) is 6.63. The van der Waals surface area contributed by atoms with Crippen molar-refractivity contribution in [2.24, 2.45) is 5.73 Å². The van der Waals surface area contributed by atoms with Gasteiger partial charge in [0.1, 0.15) is 0 Å². The maximum absolute atomic E-state index is 13.1. The van der Waals surface area contributed by atoms with E-state index in [-0.39, 0.29) is 5.75 Å². The standard InChI is InChI=1S/C10H10FNO2/c1-14-9-4-2-7(6-8(9)11)3-5-10(12)13/h2-6H,1H3,(H2,12,13). The number of rotatable bonds is 3. The number of amides is 1. The average molecular weight is 195 g/mol. The van der Waals surface area contributed by atoms with Crippen LogP contribution in [0.1, 0.15) is 5.56 Å². The van der Waals surface area contributed by atoms with E-state index in [4.69, 9.17) is 10.5 Å². The third kappa shape index (κ3) is 2.58. The van der Waals surface area contributed by atoms with E-state index < -0.39 is 11.7 Å². The molecule has 0 spiro atoms. The Morgan fingerprint density at radius 1 is 1.57 bits per heavy atom. The van der Waals surface area contributed by atoms with Crippen molar-refractivity contribution in [2.45, 2.75) is 0 Å². The fourth-order valence-electron chi connectivity index (χ4n) is 0.965. The summed E-state index contributed by atoms with van der Waals surface area (Å²) in [6.07, 6.45) is 2.60. The molecule has 1 aromatic rings. The highest BCUT2D eigenvalue weighted by atomic mass is 19.1. The number of halogens is 1. The lowest BCUT2D eigenvalue weighted by Crippen LogP contribution is -2.05. The van der Waals surface area contributed by atoms with Gasteiger partial charge in [-0.25, -0.2) is 4.39 Å². The lowest BCUT2D eigenvalue weighted by atomic mass is 10.2. The molecule has 1 aromatic carbocycles. The van der Waals surface area contributed by atoms with Gasteiger partial charge in [-0.15, -0.1) is 0 Å². The molecule has 0 aliphatic carbocycles. The largest absolute Gasteiger partial charge is 0.494 e. The molecule has 0 aliphatic rings. The first-order valence-corrected chi connectivity index (χ1v) is 3.94. The smallest absolute Gasteiger partial charge is 0.241 e. The van der Waals surface area contributed by atoms with Gasteiger partial charge in [-0.05, 0) is 23.8 Å². The van der Waals surface area contributed by atoms with Crippen molar-refractivity contribution >= 4 is 12.0 Å². The fourth-order valence-corrected chi connectivity index (χ4v) is 0.965. The Morgan fingerprint density at radius 2 is 2.29 bits per heavy atom. The molecule has 0 saturated heterocycles. The molecule has 0 radical (unpaired) electrons. The minimum Gasteiger partial charge on any atom is -0.494 e. The third-order valence-electron chi connectivity index (χ3n) is 1.62. The average Bonchev–Trinajstić information content (AvgIpc) is 2.15. The molecule has 1 rings (SSSR count). The molecule has 2 N–H and O–H groups in total. The second-order valence-electron chi connectivity index (χ2n) is 2.63. The highest BCUT2D eigenvalue weighted by molar-refractivity contribution is 5.90. The van der Waals surface area contributed by atoms with Gasteiger partial charge in [0.05, 0.1) is 7.11 Å². The van der Waals surface area contributed by atoms with Crippen LogP contribution in [-0.4, -0.2) is 13.0 Å². The molecule has 0 aromatic heterocycles. The molecule has 4 heteroatoms. The molecule has 1 amide bonds. The monoisotopic (exact) mass is 195 g/mol. The van der Waals surface area contributed by atoms with Crippen LogP contribution >= 0.6 is 0 Å².